The number of allylic oxidation sites excluding steroid dienone is 2. The molecule has 0 saturated heterocycles. The topological polar surface area (TPSA) is 149 Å². The molecule has 0 radical (unpaired) electrons. The molecule has 0 aromatic carbocycles. The Labute approximate surface area is 222 Å². The molecular weight excluding hydrogens is 503 g/mol. The largest absolute Gasteiger partial charge is 0.472 e. The highest BCUT2D eigenvalue weighted by molar-refractivity contribution is 7.47. The standard InChI is InChI=1S/C26H49O10P/c1-3-5-6-7-8-9-10-11-12-13-14-15-16-17-18-26(30)36-24(21-33-25(29)4-2)22-35-37(31,32)34-20-23(28)19-27/h10-11,23-24,27-28H,3-9,12-22H2,1-2H3,(H,31,32)/b11-10-. The van der Waals surface area contributed by atoms with Gasteiger partial charge in [-0.05, 0) is 32.1 Å². The second-order valence-corrected chi connectivity index (χ2v) is 10.5. The first-order valence-electron chi connectivity index (χ1n) is 13.6. The summed E-state index contributed by atoms with van der Waals surface area (Å²) in [4.78, 5) is 33.3. The molecule has 0 rings (SSSR count). The predicted molar refractivity (Wildman–Crippen MR) is 141 cm³/mol. The summed E-state index contributed by atoms with van der Waals surface area (Å²) in [6.45, 7) is 1.69. The number of carbonyl (C=O) groups excluding carboxylic acids is 2. The molecule has 37 heavy (non-hydrogen) atoms. The Hall–Kier alpha value is -1.29. The van der Waals surface area contributed by atoms with Crippen LogP contribution in [0.15, 0.2) is 12.2 Å². The van der Waals surface area contributed by atoms with Gasteiger partial charge in [-0.3, -0.25) is 18.6 Å². The molecule has 0 aromatic heterocycles. The number of rotatable bonds is 25. The number of unbranched alkanes of at least 4 members (excludes halogenated alkanes) is 10. The molecule has 0 fully saturated rings. The molecule has 0 heterocycles. The van der Waals surface area contributed by atoms with E-state index in [2.05, 4.69) is 23.6 Å². The van der Waals surface area contributed by atoms with E-state index in [0.29, 0.717) is 6.42 Å². The Kier molecular flexibility index (Phi) is 23.0. The molecule has 0 amide bonds. The molecule has 0 saturated carbocycles. The van der Waals surface area contributed by atoms with E-state index in [-0.39, 0.29) is 19.4 Å². The van der Waals surface area contributed by atoms with Crippen LogP contribution in [-0.2, 0) is 32.7 Å². The number of carbonyl (C=O) groups is 2. The molecule has 10 nitrogen and oxygen atoms in total. The highest BCUT2D eigenvalue weighted by Gasteiger charge is 2.27. The average molecular weight is 553 g/mol. The fraction of sp³-hybridized carbons (Fsp3) is 0.846. The molecule has 3 N–H and O–H groups in total. The highest BCUT2D eigenvalue weighted by Crippen LogP contribution is 2.43. The lowest BCUT2D eigenvalue weighted by molar-refractivity contribution is -0.161. The zero-order valence-electron chi connectivity index (χ0n) is 22.7. The normalized spacial score (nSPS) is 14.8. The Balaban J connectivity index is 4.15. The van der Waals surface area contributed by atoms with Gasteiger partial charge in [0.05, 0.1) is 19.8 Å². The quantitative estimate of drug-likeness (QED) is 0.0612. The fourth-order valence-corrected chi connectivity index (χ4v) is 4.05. The maximum atomic E-state index is 12.2. The highest BCUT2D eigenvalue weighted by atomic mass is 31.2. The summed E-state index contributed by atoms with van der Waals surface area (Å²) >= 11 is 0. The number of ether oxygens (including phenoxy) is 2. The monoisotopic (exact) mass is 552 g/mol. The van der Waals surface area contributed by atoms with Crippen LogP contribution in [0.5, 0.6) is 0 Å². The molecule has 3 unspecified atom stereocenters. The maximum Gasteiger partial charge on any atom is 0.472 e. The minimum absolute atomic E-state index is 0.122. The van der Waals surface area contributed by atoms with Crippen LogP contribution in [0.1, 0.15) is 104 Å². The van der Waals surface area contributed by atoms with E-state index in [9.17, 15) is 24.2 Å². The van der Waals surface area contributed by atoms with Crippen molar-refractivity contribution in [3.05, 3.63) is 12.2 Å². The molecule has 0 spiro atoms. The number of esters is 2. The molecule has 0 aliphatic carbocycles. The van der Waals surface area contributed by atoms with Crippen molar-refractivity contribution < 1.29 is 47.8 Å². The van der Waals surface area contributed by atoms with Crippen LogP contribution in [0.4, 0.5) is 0 Å². The number of hydrogen-bond donors (Lipinski definition) is 3. The minimum Gasteiger partial charge on any atom is -0.462 e. The van der Waals surface area contributed by atoms with Gasteiger partial charge in [-0.25, -0.2) is 4.57 Å². The molecule has 218 valence electrons. The van der Waals surface area contributed by atoms with Crippen molar-refractivity contribution in [1.29, 1.82) is 0 Å². The van der Waals surface area contributed by atoms with E-state index in [0.717, 1.165) is 38.5 Å². The van der Waals surface area contributed by atoms with Crippen molar-refractivity contribution in [2.24, 2.45) is 0 Å². The van der Waals surface area contributed by atoms with Gasteiger partial charge in [0.25, 0.3) is 0 Å². The third-order valence-corrected chi connectivity index (χ3v) is 6.42. The van der Waals surface area contributed by atoms with Gasteiger partial charge in [0.2, 0.25) is 0 Å². The van der Waals surface area contributed by atoms with Crippen LogP contribution in [0.3, 0.4) is 0 Å². The van der Waals surface area contributed by atoms with E-state index in [4.69, 9.17) is 19.1 Å². The van der Waals surface area contributed by atoms with Crippen molar-refractivity contribution in [3.8, 4) is 0 Å². The van der Waals surface area contributed by atoms with Crippen LogP contribution < -0.4 is 0 Å². The van der Waals surface area contributed by atoms with Crippen LogP contribution in [0, 0.1) is 0 Å². The molecule has 0 aliphatic heterocycles. The average Bonchev–Trinajstić information content (AvgIpc) is 2.88. The summed E-state index contributed by atoms with van der Waals surface area (Å²) in [6.07, 6.45) is 15.9. The SMILES string of the molecule is CCCCCCC/C=C\CCCCCCCC(=O)OC(COC(=O)CC)COP(=O)(O)OCC(O)CO. The number of hydrogen-bond acceptors (Lipinski definition) is 9. The van der Waals surface area contributed by atoms with Crippen molar-refractivity contribution in [2.75, 3.05) is 26.4 Å². The second-order valence-electron chi connectivity index (χ2n) is 9.03. The summed E-state index contributed by atoms with van der Waals surface area (Å²) in [5, 5.41) is 18.0. The summed E-state index contributed by atoms with van der Waals surface area (Å²) in [7, 11) is -4.57. The molecular formula is C26H49O10P. The Bertz CT molecular complexity index is 655. The van der Waals surface area contributed by atoms with Gasteiger partial charge in [-0.15, -0.1) is 0 Å². The fourth-order valence-electron chi connectivity index (χ4n) is 3.26. The Morgan fingerprint density at radius 2 is 1.38 bits per heavy atom. The van der Waals surface area contributed by atoms with Crippen molar-refractivity contribution in [1.82, 2.24) is 0 Å². The van der Waals surface area contributed by atoms with Crippen LogP contribution in [0.25, 0.3) is 0 Å². The lowest BCUT2D eigenvalue weighted by Crippen LogP contribution is -2.29. The van der Waals surface area contributed by atoms with Gasteiger partial charge in [0, 0.05) is 12.8 Å². The molecule has 11 heteroatoms. The number of aliphatic hydroxyl groups excluding tert-OH is 2. The van der Waals surface area contributed by atoms with Crippen molar-refractivity contribution in [3.63, 3.8) is 0 Å². The number of aliphatic hydroxyl groups is 2. The third-order valence-electron chi connectivity index (χ3n) is 5.47. The van der Waals surface area contributed by atoms with E-state index < -0.39 is 51.8 Å². The van der Waals surface area contributed by atoms with Gasteiger partial charge in [0.15, 0.2) is 6.10 Å². The summed E-state index contributed by atoms with van der Waals surface area (Å²) in [5.41, 5.74) is 0. The maximum absolute atomic E-state index is 12.2. The first kappa shape index (κ1) is 35.7. The summed E-state index contributed by atoms with van der Waals surface area (Å²) in [5.74, 6) is -1.04. The van der Waals surface area contributed by atoms with E-state index in [1.807, 2.05) is 0 Å². The molecule has 0 aliphatic rings. The van der Waals surface area contributed by atoms with Gasteiger partial charge in [-0.1, -0.05) is 70.9 Å². The van der Waals surface area contributed by atoms with Gasteiger partial charge in [-0.2, -0.15) is 0 Å². The lowest BCUT2D eigenvalue weighted by atomic mass is 10.1. The van der Waals surface area contributed by atoms with E-state index >= 15 is 0 Å². The van der Waals surface area contributed by atoms with Crippen molar-refractivity contribution in [2.45, 2.75) is 116 Å². The minimum atomic E-state index is -4.57. The first-order valence-corrected chi connectivity index (χ1v) is 15.1. The van der Waals surface area contributed by atoms with Crippen LogP contribution >= 0.6 is 7.82 Å². The lowest BCUT2D eigenvalue weighted by Gasteiger charge is -2.20. The second kappa shape index (κ2) is 23.8. The third kappa shape index (κ3) is 23.6. The van der Waals surface area contributed by atoms with Crippen LogP contribution in [-0.4, -0.2) is 65.7 Å². The smallest absolute Gasteiger partial charge is 0.462 e. The van der Waals surface area contributed by atoms with Crippen molar-refractivity contribution >= 4 is 19.8 Å². The van der Waals surface area contributed by atoms with Crippen LogP contribution in [0.2, 0.25) is 0 Å². The summed E-state index contributed by atoms with van der Waals surface area (Å²) < 4.78 is 31.5. The Morgan fingerprint density at radius 3 is 1.97 bits per heavy atom. The zero-order valence-corrected chi connectivity index (χ0v) is 23.6. The molecule has 0 aromatic rings. The molecule has 0 bridgehead atoms. The molecule has 3 atom stereocenters. The predicted octanol–water partition coefficient (Wildman–Crippen LogP) is 4.99. The summed E-state index contributed by atoms with van der Waals surface area (Å²) in [6, 6.07) is 0. The zero-order chi connectivity index (χ0) is 27.8. The first-order chi connectivity index (χ1) is 17.7. The van der Waals surface area contributed by atoms with Gasteiger partial charge >= 0.3 is 19.8 Å². The van der Waals surface area contributed by atoms with E-state index in [1.54, 1.807) is 6.92 Å². The number of phosphoric ester groups is 1. The van der Waals surface area contributed by atoms with Gasteiger partial charge < -0.3 is 24.6 Å². The number of phosphoric acid groups is 1. The Morgan fingerprint density at radius 1 is 0.811 bits per heavy atom. The van der Waals surface area contributed by atoms with Gasteiger partial charge in [0.1, 0.15) is 12.7 Å². The van der Waals surface area contributed by atoms with E-state index in [1.165, 1.54) is 32.1 Å².